The second kappa shape index (κ2) is 6.53. The van der Waals surface area contributed by atoms with E-state index < -0.39 is 23.6 Å². The van der Waals surface area contributed by atoms with Gasteiger partial charge >= 0.3 is 5.97 Å². The topological polar surface area (TPSA) is 87.0 Å². The van der Waals surface area contributed by atoms with Crippen molar-refractivity contribution in [2.75, 3.05) is 13.2 Å². The molecule has 3 rings (SSSR count). The van der Waals surface area contributed by atoms with Gasteiger partial charge in [0.2, 0.25) is 0 Å². The molecule has 2 aliphatic carbocycles. The molecule has 3 aliphatic rings. The van der Waals surface area contributed by atoms with Crippen LogP contribution >= 0.6 is 0 Å². The summed E-state index contributed by atoms with van der Waals surface area (Å²) in [6.07, 6.45) is 4.42. The van der Waals surface area contributed by atoms with Crippen molar-refractivity contribution in [2.24, 2.45) is 22.7 Å². The summed E-state index contributed by atoms with van der Waals surface area (Å²) in [6, 6.07) is 0. The number of aliphatic hydroxyl groups is 3. The van der Waals surface area contributed by atoms with Gasteiger partial charge in [0, 0.05) is 5.41 Å². The summed E-state index contributed by atoms with van der Waals surface area (Å²) in [7, 11) is 0. The maximum atomic E-state index is 11.8. The van der Waals surface area contributed by atoms with Gasteiger partial charge in [-0.25, -0.2) is 4.79 Å². The van der Waals surface area contributed by atoms with Gasteiger partial charge in [0.25, 0.3) is 0 Å². The van der Waals surface area contributed by atoms with Crippen LogP contribution in [0.2, 0.25) is 0 Å². The smallest absolute Gasteiger partial charge is 0.336 e. The molecule has 2 saturated carbocycles. The Hall–Kier alpha value is -1.17. The Morgan fingerprint density at radius 1 is 1.32 bits per heavy atom. The summed E-state index contributed by atoms with van der Waals surface area (Å²) in [6.45, 7) is 8.50. The second-order valence-electron chi connectivity index (χ2n) is 8.54. The van der Waals surface area contributed by atoms with Gasteiger partial charge in [-0.2, -0.15) is 0 Å². The Morgan fingerprint density at radius 2 is 2.04 bits per heavy atom. The largest absolute Gasteiger partial charge is 0.459 e. The first kappa shape index (κ1) is 18.6. The number of esters is 1. The summed E-state index contributed by atoms with van der Waals surface area (Å²) >= 11 is 0. The monoisotopic (exact) mass is 350 g/mol. The lowest BCUT2D eigenvalue weighted by Crippen LogP contribution is -2.57. The molecule has 25 heavy (non-hydrogen) atoms. The number of allylic oxidation sites excluding steroid dienone is 2. The number of hydrogen-bond donors (Lipinski definition) is 3. The van der Waals surface area contributed by atoms with E-state index in [0.717, 1.165) is 24.8 Å². The van der Waals surface area contributed by atoms with Gasteiger partial charge in [0.1, 0.15) is 12.7 Å². The number of ether oxygens (including phenoxy) is 1. The summed E-state index contributed by atoms with van der Waals surface area (Å²) in [5, 5.41) is 30.4. The first-order chi connectivity index (χ1) is 11.7. The third kappa shape index (κ3) is 2.86. The first-order valence-electron chi connectivity index (χ1n) is 9.26. The molecule has 1 aliphatic heterocycles. The van der Waals surface area contributed by atoms with Gasteiger partial charge in [-0.15, -0.1) is 0 Å². The number of rotatable bonds is 3. The highest BCUT2D eigenvalue weighted by Gasteiger charge is 2.57. The number of carbonyl (C=O) groups excluding carboxylic acids is 1. The van der Waals surface area contributed by atoms with Crippen LogP contribution in [0, 0.1) is 22.7 Å². The molecule has 2 unspecified atom stereocenters. The quantitative estimate of drug-likeness (QED) is 0.411. The minimum absolute atomic E-state index is 0.0280. The lowest BCUT2D eigenvalue weighted by atomic mass is 9.46. The SMILES string of the molecule is C=C1CC[C@H]2[C@@](C)(CCC(O)[C@@]2(C)CO)[C@@H]1C/C=C1\C(=O)OCC1O. The number of carbonyl (C=O) groups is 1. The molecule has 0 spiro atoms. The molecule has 3 N–H and O–H groups in total. The molecule has 0 bridgehead atoms. The molecule has 1 saturated heterocycles. The van der Waals surface area contributed by atoms with Crippen LogP contribution in [-0.2, 0) is 9.53 Å². The standard InChI is InChI=1S/C20H30O5/c1-12-4-7-16-19(2,9-8-17(23)20(16,3)11-21)14(12)6-5-13-15(22)10-25-18(13)24/h5,14-17,21-23H,1,4,6-11H2,2-3H3/b13-5-/t14-,15?,16+,17?,19+,20+/m1/s1. The van der Waals surface area contributed by atoms with Crippen LogP contribution in [0.25, 0.3) is 0 Å². The number of cyclic esters (lactones) is 1. The van der Waals surface area contributed by atoms with Crippen molar-refractivity contribution in [3.63, 3.8) is 0 Å². The zero-order valence-electron chi connectivity index (χ0n) is 15.2. The van der Waals surface area contributed by atoms with Gasteiger partial charge in [-0.1, -0.05) is 32.1 Å². The van der Waals surface area contributed by atoms with Crippen LogP contribution in [0.4, 0.5) is 0 Å². The third-order valence-electron chi connectivity index (χ3n) is 7.23. The van der Waals surface area contributed by atoms with Crippen molar-refractivity contribution in [3.8, 4) is 0 Å². The summed E-state index contributed by atoms with van der Waals surface area (Å²) in [4.78, 5) is 11.8. The van der Waals surface area contributed by atoms with Crippen LogP contribution in [-0.4, -0.2) is 46.7 Å². The molecular weight excluding hydrogens is 320 g/mol. The third-order valence-corrected chi connectivity index (χ3v) is 7.23. The van der Waals surface area contributed by atoms with E-state index in [4.69, 9.17) is 4.74 Å². The minimum atomic E-state index is -0.844. The minimum Gasteiger partial charge on any atom is -0.459 e. The summed E-state index contributed by atoms with van der Waals surface area (Å²) in [5.74, 6) is -0.0734. The Labute approximate surface area is 149 Å². The van der Waals surface area contributed by atoms with E-state index in [2.05, 4.69) is 13.5 Å². The van der Waals surface area contributed by atoms with Crippen molar-refractivity contribution in [2.45, 2.75) is 58.2 Å². The lowest BCUT2D eigenvalue weighted by Gasteiger charge is -2.59. The average molecular weight is 350 g/mol. The van der Waals surface area contributed by atoms with E-state index in [0.29, 0.717) is 18.4 Å². The molecule has 5 heteroatoms. The molecular formula is C20H30O5. The Bertz CT molecular complexity index is 597. The Balaban J connectivity index is 1.89. The molecule has 5 nitrogen and oxygen atoms in total. The number of aliphatic hydroxyl groups excluding tert-OH is 3. The van der Waals surface area contributed by atoms with Crippen LogP contribution in [0.5, 0.6) is 0 Å². The second-order valence-corrected chi connectivity index (χ2v) is 8.54. The fourth-order valence-electron chi connectivity index (χ4n) is 5.56. The van der Waals surface area contributed by atoms with Gasteiger partial charge in [0.05, 0.1) is 18.3 Å². The van der Waals surface area contributed by atoms with Crippen LogP contribution in [0.1, 0.15) is 46.0 Å². The first-order valence-corrected chi connectivity index (χ1v) is 9.26. The van der Waals surface area contributed by atoms with Crippen LogP contribution in [0.3, 0.4) is 0 Å². The molecule has 1 heterocycles. The number of hydrogen-bond acceptors (Lipinski definition) is 5. The van der Waals surface area contributed by atoms with E-state index in [1.165, 1.54) is 0 Å². The van der Waals surface area contributed by atoms with Crippen LogP contribution < -0.4 is 0 Å². The molecule has 0 amide bonds. The average Bonchev–Trinajstić information content (AvgIpc) is 2.89. The van der Waals surface area contributed by atoms with Crippen molar-refractivity contribution in [3.05, 3.63) is 23.8 Å². The Kier molecular flexibility index (Phi) is 4.86. The van der Waals surface area contributed by atoms with E-state index >= 15 is 0 Å². The molecule has 3 fully saturated rings. The van der Waals surface area contributed by atoms with E-state index in [1.807, 2.05) is 13.0 Å². The highest BCUT2D eigenvalue weighted by molar-refractivity contribution is 5.91. The molecule has 6 atom stereocenters. The predicted molar refractivity (Wildman–Crippen MR) is 93.6 cm³/mol. The van der Waals surface area contributed by atoms with Crippen molar-refractivity contribution in [1.82, 2.24) is 0 Å². The van der Waals surface area contributed by atoms with Gasteiger partial charge in [-0.05, 0) is 49.4 Å². The van der Waals surface area contributed by atoms with E-state index in [1.54, 1.807) is 0 Å². The zero-order valence-corrected chi connectivity index (χ0v) is 15.2. The highest BCUT2D eigenvalue weighted by atomic mass is 16.6. The lowest BCUT2D eigenvalue weighted by molar-refractivity contribution is -0.151. The molecule has 140 valence electrons. The fraction of sp³-hybridized carbons (Fsp3) is 0.750. The highest BCUT2D eigenvalue weighted by Crippen LogP contribution is 2.61. The maximum Gasteiger partial charge on any atom is 0.336 e. The fourth-order valence-corrected chi connectivity index (χ4v) is 5.56. The van der Waals surface area contributed by atoms with Gasteiger partial charge in [0.15, 0.2) is 0 Å². The van der Waals surface area contributed by atoms with Crippen LogP contribution in [0.15, 0.2) is 23.8 Å². The summed E-state index contributed by atoms with van der Waals surface area (Å²) < 4.78 is 4.90. The maximum absolute atomic E-state index is 11.8. The zero-order chi connectivity index (χ0) is 18.4. The molecule has 0 radical (unpaired) electrons. The van der Waals surface area contributed by atoms with Crippen molar-refractivity contribution >= 4 is 5.97 Å². The van der Waals surface area contributed by atoms with Gasteiger partial charge < -0.3 is 20.1 Å². The number of fused-ring (bicyclic) bond motifs is 1. The molecule has 0 aromatic rings. The van der Waals surface area contributed by atoms with E-state index in [9.17, 15) is 20.1 Å². The predicted octanol–water partition coefficient (Wildman–Crippen LogP) is 1.96. The normalized spacial score (nSPS) is 46.2. The molecule has 0 aromatic carbocycles. The Morgan fingerprint density at radius 3 is 2.64 bits per heavy atom. The van der Waals surface area contributed by atoms with Gasteiger partial charge in [-0.3, -0.25) is 0 Å². The van der Waals surface area contributed by atoms with Crippen molar-refractivity contribution < 1.29 is 24.9 Å². The summed E-state index contributed by atoms with van der Waals surface area (Å²) in [5.41, 5.74) is 0.911. The molecule has 0 aromatic heterocycles. The van der Waals surface area contributed by atoms with Crippen molar-refractivity contribution in [1.29, 1.82) is 0 Å². The van der Waals surface area contributed by atoms with E-state index in [-0.39, 0.29) is 30.5 Å².